The molecule has 4 heteroatoms. The van der Waals surface area contributed by atoms with Gasteiger partial charge in [0.2, 0.25) is 0 Å². The molecule has 10 heavy (non-hydrogen) atoms. The fourth-order valence-electron chi connectivity index (χ4n) is 0.904. The molecular weight excluding hydrogens is 132 g/mol. The number of aliphatic carboxylic acids is 1. The van der Waals surface area contributed by atoms with Crippen LogP contribution in [0.4, 0.5) is 0 Å². The fraction of sp³-hybridized carbons (Fsp3) is 0.833. The van der Waals surface area contributed by atoms with Crippen LogP contribution in [0.5, 0.6) is 0 Å². The molecule has 0 aliphatic carbocycles. The molecule has 0 aromatic heterocycles. The molecule has 60 valence electrons. The first-order valence-electron chi connectivity index (χ1n) is 3.02. The largest absolute Gasteiger partial charge is 0.479 e. The monoisotopic (exact) mass is 146 g/mol. The topological polar surface area (TPSA) is 43.8 Å². The maximum Gasteiger partial charge on any atom is 0.336 e. The van der Waals surface area contributed by atoms with Gasteiger partial charge in [-0.15, -0.1) is 0 Å². The van der Waals surface area contributed by atoms with E-state index in [-0.39, 0.29) is 0 Å². The second-order valence-electron chi connectivity index (χ2n) is 2.64. The van der Waals surface area contributed by atoms with Crippen molar-refractivity contribution < 1.29 is 9.90 Å². The maximum atomic E-state index is 10.5. The van der Waals surface area contributed by atoms with E-state index in [1.54, 1.807) is 38.0 Å². The van der Waals surface area contributed by atoms with Crippen LogP contribution >= 0.6 is 0 Å². The third kappa shape index (κ3) is 2.33. The van der Waals surface area contributed by atoms with Crippen molar-refractivity contribution >= 4 is 5.97 Å². The van der Waals surface area contributed by atoms with Gasteiger partial charge in [-0.1, -0.05) is 0 Å². The molecule has 0 fully saturated rings. The Kier molecular flexibility index (Phi) is 3.32. The second-order valence-corrected chi connectivity index (χ2v) is 2.64. The van der Waals surface area contributed by atoms with Crippen LogP contribution in [0.15, 0.2) is 0 Å². The first-order chi connectivity index (χ1) is 4.46. The molecule has 0 atom stereocenters. The summed E-state index contributed by atoms with van der Waals surface area (Å²) in [6.07, 6.45) is -0.528. The van der Waals surface area contributed by atoms with E-state index in [0.29, 0.717) is 0 Å². The number of hydrogen-bond acceptors (Lipinski definition) is 3. The minimum atomic E-state index is -0.824. The molecule has 0 aromatic carbocycles. The lowest BCUT2D eigenvalue weighted by Crippen LogP contribution is -2.46. The Hall–Kier alpha value is -0.610. The van der Waals surface area contributed by atoms with Gasteiger partial charge in [0, 0.05) is 0 Å². The van der Waals surface area contributed by atoms with Crippen LogP contribution in [0.1, 0.15) is 0 Å². The molecule has 1 N–H and O–H groups in total. The third-order valence-corrected chi connectivity index (χ3v) is 1.20. The lowest BCUT2D eigenvalue weighted by Gasteiger charge is -2.25. The van der Waals surface area contributed by atoms with Gasteiger partial charge < -0.3 is 5.11 Å². The summed E-state index contributed by atoms with van der Waals surface area (Å²) < 4.78 is 0. The molecule has 0 saturated carbocycles. The Balaban J connectivity index is 4.12. The summed E-state index contributed by atoms with van der Waals surface area (Å²) in [4.78, 5) is 13.8. The van der Waals surface area contributed by atoms with Crippen molar-refractivity contribution in [1.82, 2.24) is 9.80 Å². The van der Waals surface area contributed by atoms with E-state index < -0.39 is 12.1 Å². The quantitative estimate of drug-likeness (QED) is 0.546. The minimum Gasteiger partial charge on any atom is -0.479 e. The number of carbonyl (C=O) groups is 1. The van der Waals surface area contributed by atoms with Crippen molar-refractivity contribution in [3.8, 4) is 0 Å². The number of likely N-dealkylation sites (N-methyl/N-ethyl adjacent to an activating group) is 2. The summed E-state index contributed by atoms with van der Waals surface area (Å²) in [5.41, 5.74) is 0. The molecule has 0 aromatic rings. The summed E-state index contributed by atoms with van der Waals surface area (Å²) in [5, 5.41) is 8.63. The van der Waals surface area contributed by atoms with Crippen molar-refractivity contribution in [2.75, 3.05) is 28.2 Å². The highest BCUT2D eigenvalue weighted by Crippen LogP contribution is 1.95. The highest BCUT2D eigenvalue weighted by Gasteiger charge is 2.21. The van der Waals surface area contributed by atoms with Gasteiger partial charge >= 0.3 is 5.97 Å². The highest BCUT2D eigenvalue weighted by atomic mass is 16.4. The zero-order valence-corrected chi connectivity index (χ0v) is 6.83. The molecule has 0 spiro atoms. The van der Waals surface area contributed by atoms with Crippen LogP contribution in [-0.4, -0.2) is 55.2 Å². The van der Waals surface area contributed by atoms with E-state index in [4.69, 9.17) is 5.11 Å². The Morgan fingerprint density at radius 3 is 1.50 bits per heavy atom. The van der Waals surface area contributed by atoms with Crippen LogP contribution in [-0.2, 0) is 4.79 Å². The summed E-state index contributed by atoms with van der Waals surface area (Å²) in [6, 6.07) is 0. The lowest BCUT2D eigenvalue weighted by molar-refractivity contribution is -0.147. The van der Waals surface area contributed by atoms with Crippen LogP contribution in [0.25, 0.3) is 0 Å². The predicted molar refractivity (Wildman–Crippen MR) is 38.8 cm³/mol. The zero-order valence-electron chi connectivity index (χ0n) is 6.83. The predicted octanol–water partition coefficient (Wildman–Crippen LogP) is -0.480. The van der Waals surface area contributed by atoms with E-state index in [1.165, 1.54) is 0 Å². The van der Waals surface area contributed by atoms with E-state index in [2.05, 4.69) is 0 Å². The van der Waals surface area contributed by atoms with Gasteiger partial charge in [-0.25, -0.2) is 4.79 Å². The SMILES string of the molecule is CN(C)C(C(=O)O)N(C)C. The number of carboxylic acid groups (broad SMARTS) is 1. The minimum absolute atomic E-state index is 0.528. The summed E-state index contributed by atoms with van der Waals surface area (Å²) in [6.45, 7) is 0. The molecule has 4 nitrogen and oxygen atoms in total. The van der Waals surface area contributed by atoms with Crippen LogP contribution in [0.3, 0.4) is 0 Å². The van der Waals surface area contributed by atoms with Gasteiger partial charge in [-0.05, 0) is 28.2 Å². The van der Waals surface area contributed by atoms with E-state index in [1.807, 2.05) is 0 Å². The second kappa shape index (κ2) is 3.53. The smallest absolute Gasteiger partial charge is 0.336 e. The first-order valence-corrected chi connectivity index (χ1v) is 3.02. The molecule has 0 aliphatic heterocycles. The van der Waals surface area contributed by atoms with Gasteiger partial charge in [0.05, 0.1) is 0 Å². The summed E-state index contributed by atoms with van der Waals surface area (Å²) in [7, 11) is 6.94. The molecule has 0 heterocycles. The van der Waals surface area contributed by atoms with Crippen LogP contribution in [0, 0.1) is 0 Å². The molecule has 0 rings (SSSR count). The van der Waals surface area contributed by atoms with Crippen molar-refractivity contribution in [2.45, 2.75) is 6.17 Å². The highest BCUT2D eigenvalue weighted by molar-refractivity contribution is 5.72. The molecule has 0 aliphatic rings. The summed E-state index contributed by atoms with van der Waals surface area (Å²) >= 11 is 0. The Labute approximate surface area is 61.0 Å². The van der Waals surface area contributed by atoms with Crippen molar-refractivity contribution in [2.24, 2.45) is 0 Å². The van der Waals surface area contributed by atoms with Gasteiger partial charge in [0.15, 0.2) is 6.17 Å². The van der Waals surface area contributed by atoms with E-state index >= 15 is 0 Å². The molecule has 0 amide bonds. The Morgan fingerprint density at radius 1 is 1.20 bits per heavy atom. The molecule has 0 saturated heterocycles. The average Bonchev–Trinajstić information content (AvgIpc) is 1.59. The summed E-state index contributed by atoms with van der Waals surface area (Å²) in [5.74, 6) is -0.824. The number of nitrogens with zero attached hydrogens (tertiary/aromatic N) is 2. The zero-order chi connectivity index (χ0) is 8.31. The van der Waals surface area contributed by atoms with E-state index in [0.717, 1.165) is 0 Å². The molecular formula is C6H14N2O2. The maximum absolute atomic E-state index is 10.5. The van der Waals surface area contributed by atoms with Crippen molar-refractivity contribution in [3.63, 3.8) is 0 Å². The molecule has 0 bridgehead atoms. The standard InChI is InChI=1S/C6H14N2O2/c1-7(2)5(6(9)10)8(3)4/h5H,1-4H3,(H,9,10). The number of hydrogen-bond donors (Lipinski definition) is 1. The normalized spacial score (nSPS) is 11.5. The van der Waals surface area contributed by atoms with E-state index in [9.17, 15) is 4.79 Å². The van der Waals surface area contributed by atoms with Gasteiger partial charge in [-0.3, -0.25) is 9.80 Å². The van der Waals surface area contributed by atoms with Crippen molar-refractivity contribution in [1.29, 1.82) is 0 Å². The van der Waals surface area contributed by atoms with Gasteiger partial charge in [0.25, 0.3) is 0 Å². The average molecular weight is 146 g/mol. The van der Waals surface area contributed by atoms with Gasteiger partial charge in [-0.2, -0.15) is 0 Å². The number of rotatable bonds is 3. The number of carboxylic acids is 1. The van der Waals surface area contributed by atoms with Gasteiger partial charge in [0.1, 0.15) is 0 Å². The van der Waals surface area contributed by atoms with Crippen LogP contribution < -0.4 is 0 Å². The van der Waals surface area contributed by atoms with Crippen LogP contribution in [0.2, 0.25) is 0 Å². The Bertz CT molecular complexity index is 115. The molecule has 0 unspecified atom stereocenters. The first kappa shape index (κ1) is 9.39. The Morgan fingerprint density at radius 2 is 1.50 bits per heavy atom. The fourth-order valence-corrected chi connectivity index (χ4v) is 0.904. The third-order valence-electron chi connectivity index (χ3n) is 1.20. The molecule has 0 radical (unpaired) electrons. The lowest BCUT2D eigenvalue weighted by atomic mass is 10.4. The van der Waals surface area contributed by atoms with Crippen molar-refractivity contribution in [3.05, 3.63) is 0 Å².